The van der Waals surface area contributed by atoms with Crippen LogP contribution in [0.25, 0.3) is 0 Å². The molecule has 2 N–H and O–H groups in total. The lowest BCUT2D eigenvalue weighted by molar-refractivity contribution is -0.115. The van der Waals surface area contributed by atoms with Gasteiger partial charge in [-0.25, -0.2) is 0 Å². The van der Waals surface area contributed by atoms with Gasteiger partial charge < -0.3 is 10.6 Å². The quantitative estimate of drug-likeness (QED) is 0.858. The number of halogens is 1. The van der Waals surface area contributed by atoms with Gasteiger partial charge in [0.25, 0.3) is 5.91 Å². The van der Waals surface area contributed by atoms with Crippen molar-refractivity contribution in [2.75, 3.05) is 11.9 Å². The Hall–Kier alpha value is -2.14. The van der Waals surface area contributed by atoms with E-state index in [1.807, 2.05) is 30.3 Å². The standard InChI is InChI=1S/C17H17BrN2O2/c1-2-12-6-8-15(9-7-12)20-16(21)11-19-17(22)13-4-3-5-14(18)10-13/h3-10H,2,11H2,1H3,(H,19,22)(H,20,21). The first-order valence-electron chi connectivity index (χ1n) is 7.01. The summed E-state index contributed by atoms with van der Waals surface area (Å²) in [7, 11) is 0. The average molecular weight is 361 g/mol. The lowest BCUT2D eigenvalue weighted by atomic mass is 10.1. The molecule has 0 aliphatic rings. The number of aryl methyl sites for hydroxylation is 1. The fourth-order valence-electron chi connectivity index (χ4n) is 1.92. The Balaban J connectivity index is 1.85. The number of hydrogen-bond donors (Lipinski definition) is 2. The van der Waals surface area contributed by atoms with Crippen LogP contribution in [0.4, 0.5) is 5.69 Å². The fraction of sp³-hybridized carbons (Fsp3) is 0.176. The van der Waals surface area contributed by atoms with Crippen LogP contribution in [0.3, 0.4) is 0 Å². The SMILES string of the molecule is CCc1ccc(NC(=O)CNC(=O)c2cccc(Br)c2)cc1. The van der Waals surface area contributed by atoms with Gasteiger partial charge in [-0.1, -0.05) is 41.1 Å². The zero-order valence-corrected chi connectivity index (χ0v) is 13.8. The molecule has 5 heteroatoms. The van der Waals surface area contributed by atoms with Crippen LogP contribution in [0.2, 0.25) is 0 Å². The molecule has 0 atom stereocenters. The summed E-state index contributed by atoms with van der Waals surface area (Å²) in [6.45, 7) is 2.01. The van der Waals surface area contributed by atoms with E-state index in [0.29, 0.717) is 5.56 Å². The Morgan fingerprint density at radius 2 is 1.82 bits per heavy atom. The number of amides is 2. The molecule has 0 aromatic heterocycles. The van der Waals surface area contributed by atoms with E-state index < -0.39 is 0 Å². The van der Waals surface area contributed by atoms with Crippen molar-refractivity contribution < 1.29 is 9.59 Å². The van der Waals surface area contributed by atoms with Gasteiger partial charge in [0.05, 0.1) is 6.54 Å². The molecule has 2 rings (SSSR count). The Bertz CT molecular complexity index is 669. The predicted octanol–water partition coefficient (Wildman–Crippen LogP) is 3.38. The third-order valence-electron chi connectivity index (χ3n) is 3.14. The minimum atomic E-state index is -0.280. The van der Waals surface area contributed by atoms with Gasteiger partial charge in [0.15, 0.2) is 0 Å². The molecule has 2 aromatic carbocycles. The number of rotatable bonds is 5. The van der Waals surface area contributed by atoms with Crippen LogP contribution in [-0.4, -0.2) is 18.4 Å². The molecule has 22 heavy (non-hydrogen) atoms. The van der Waals surface area contributed by atoms with E-state index in [0.717, 1.165) is 16.6 Å². The van der Waals surface area contributed by atoms with E-state index in [-0.39, 0.29) is 18.4 Å². The molecular weight excluding hydrogens is 344 g/mol. The second-order valence-corrected chi connectivity index (χ2v) is 5.71. The number of carbonyl (C=O) groups is 2. The highest BCUT2D eigenvalue weighted by atomic mass is 79.9. The molecule has 0 radical (unpaired) electrons. The molecule has 0 aliphatic heterocycles. The number of carbonyl (C=O) groups excluding carboxylic acids is 2. The van der Waals surface area contributed by atoms with Gasteiger partial charge in [-0.05, 0) is 42.3 Å². The monoisotopic (exact) mass is 360 g/mol. The van der Waals surface area contributed by atoms with Crippen LogP contribution in [0, 0.1) is 0 Å². The van der Waals surface area contributed by atoms with Crippen molar-refractivity contribution >= 4 is 33.4 Å². The van der Waals surface area contributed by atoms with Gasteiger partial charge in [0.1, 0.15) is 0 Å². The van der Waals surface area contributed by atoms with Crippen LogP contribution < -0.4 is 10.6 Å². The Kier molecular flexibility index (Phi) is 5.72. The van der Waals surface area contributed by atoms with Crippen molar-refractivity contribution in [3.05, 3.63) is 64.1 Å². The van der Waals surface area contributed by atoms with Crippen molar-refractivity contribution in [3.63, 3.8) is 0 Å². The highest BCUT2D eigenvalue weighted by Gasteiger charge is 2.08. The van der Waals surface area contributed by atoms with Crippen LogP contribution in [0.5, 0.6) is 0 Å². The summed E-state index contributed by atoms with van der Waals surface area (Å²) < 4.78 is 0.820. The minimum Gasteiger partial charge on any atom is -0.343 e. The zero-order valence-electron chi connectivity index (χ0n) is 12.2. The number of hydrogen-bond acceptors (Lipinski definition) is 2. The van der Waals surface area contributed by atoms with E-state index in [1.54, 1.807) is 18.2 Å². The lowest BCUT2D eigenvalue weighted by Crippen LogP contribution is -2.32. The van der Waals surface area contributed by atoms with Crippen LogP contribution in [0.1, 0.15) is 22.8 Å². The van der Waals surface area contributed by atoms with E-state index in [4.69, 9.17) is 0 Å². The van der Waals surface area contributed by atoms with E-state index in [1.165, 1.54) is 5.56 Å². The van der Waals surface area contributed by atoms with Crippen molar-refractivity contribution in [2.45, 2.75) is 13.3 Å². The summed E-state index contributed by atoms with van der Waals surface area (Å²) >= 11 is 3.31. The van der Waals surface area contributed by atoms with Crippen molar-refractivity contribution in [3.8, 4) is 0 Å². The second kappa shape index (κ2) is 7.75. The first kappa shape index (κ1) is 16.2. The van der Waals surface area contributed by atoms with E-state index >= 15 is 0 Å². The number of anilines is 1. The van der Waals surface area contributed by atoms with Gasteiger partial charge in [-0.2, -0.15) is 0 Å². The molecule has 0 heterocycles. The highest BCUT2D eigenvalue weighted by molar-refractivity contribution is 9.10. The lowest BCUT2D eigenvalue weighted by Gasteiger charge is -2.08. The van der Waals surface area contributed by atoms with Crippen molar-refractivity contribution in [1.82, 2.24) is 5.32 Å². The Morgan fingerprint density at radius 1 is 1.09 bits per heavy atom. The maximum atomic E-state index is 11.9. The molecule has 0 bridgehead atoms. The molecular formula is C17H17BrN2O2. The van der Waals surface area contributed by atoms with Gasteiger partial charge in [0.2, 0.25) is 5.91 Å². The highest BCUT2D eigenvalue weighted by Crippen LogP contribution is 2.12. The van der Waals surface area contributed by atoms with Gasteiger partial charge in [-0.3, -0.25) is 9.59 Å². The Labute approximate surface area is 138 Å². The molecule has 0 saturated heterocycles. The predicted molar refractivity (Wildman–Crippen MR) is 90.9 cm³/mol. The summed E-state index contributed by atoms with van der Waals surface area (Å²) in [5.41, 5.74) is 2.44. The molecule has 114 valence electrons. The third-order valence-corrected chi connectivity index (χ3v) is 3.64. The van der Waals surface area contributed by atoms with Crippen molar-refractivity contribution in [2.24, 2.45) is 0 Å². The molecule has 0 spiro atoms. The molecule has 0 aliphatic carbocycles. The Morgan fingerprint density at radius 3 is 2.45 bits per heavy atom. The third kappa shape index (κ3) is 4.70. The molecule has 4 nitrogen and oxygen atoms in total. The topological polar surface area (TPSA) is 58.2 Å². The average Bonchev–Trinajstić information content (AvgIpc) is 2.53. The van der Waals surface area contributed by atoms with Crippen LogP contribution in [0.15, 0.2) is 53.0 Å². The molecule has 2 aromatic rings. The molecule has 0 unspecified atom stereocenters. The zero-order chi connectivity index (χ0) is 15.9. The van der Waals surface area contributed by atoms with Gasteiger partial charge in [0, 0.05) is 15.7 Å². The summed E-state index contributed by atoms with van der Waals surface area (Å²) in [5.74, 6) is -0.537. The van der Waals surface area contributed by atoms with Crippen LogP contribution >= 0.6 is 15.9 Å². The minimum absolute atomic E-state index is 0.0686. The largest absolute Gasteiger partial charge is 0.343 e. The smallest absolute Gasteiger partial charge is 0.251 e. The summed E-state index contributed by atoms with van der Waals surface area (Å²) in [4.78, 5) is 23.8. The molecule has 2 amide bonds. The van der Waals surface area contributed by atoms with E-state index in [2.05, 4.69) is 33.5 Å². The molecule has 0 saturated carbocycles. The maximum Gasteiger partial charge on any atom is 0.251 e. The van der Waals surface area contributed by atoms with E-state index in [9.17, 15) is 9.59 Å². The number of benzene rings is 2. The summed E-state index contributed by atoms with van der Waals surface area (Å²) in [5, 5.41) is 5.35. The first-order chi connectivity index (χ1) is 10.6. The summed E-state index contributed by atoms with van der Waals surface area (Å²) in [6.07, 6.45) is 0.955. The summed E-state index contributed by atoms with van der Waals surface area (Å²) in [6, 6.07) is 14.7. The van der Waals surface area contributed by atoms with Gasteiger partial charge in [-0.15, -0.1) is 0 Å². The second-order valence-electron chi connectivity index (χ2n) is 4.79. The van der Waals surface area contributed by atoms with Gasteiger partial charge >= 0.3 is 0 Å². The van der Waals surface area contributed by atoms with Crippen molar-refractivity contribution in [1.29, 1.82) is 0 Å². The van der Waals surface area contributed by atoms with Crippen LogP contribution in [-0.2, 0) is 11.2 Å². The fourth-order valence-corrected chi connectivity index (χ4v) is 2.32. The first-order valence-corrected chi connectivity index (χ1v) is 7.80. The maximum absolute atomic E-state index is 11.9. The molecule has 0 fully saturated rings. The number of nitrogens with one attached hydrogen (secondary N) is 2. The normalized spacial score (nSPS) is 10.1.